The largest absolute Gasteiger partial charge is 0.327 e. The van der Waals surface area contributed by atoms with Crippen molar-refractivity contribution in [3.8, 4) is 11.1 Å². The number of carbonyl (C=O) groups excluding carboxylic acids is 1. The Hall–Kier alpha value is -4.26. The van der Waals surface area contributed by atoms with Crippen molar-refractivity contribution in [3.05, 3.63) is 105 Å². The molecular formula is C24H19N3O4. The van der Waals surface area contributed by atoms with Gasteiger partial charge in [0.05, 0.1) is 16.0 Å². The van der Waals surface area contributed by atoms with E-state index in [0.717, 1.165) is 0 Å². The maximum absolute atomic E-state index is 13.4. The number of aryl methyl sites for hydroxylation is 1. The molecule has 0 spiro atoms. The number of fused-ring (bicyclic) bond motifs is 1. The van der Waals surface area contributed by atoms with Crippen molar-refractivity contribution < 1.29 is 9.72 Å². The zero-order chi connectivity index (χ0) is 22.0. The minimum Gasteiger partial charge on any atom is -0.327 e. The van der Waals surface area contributed by atoms with E-state index in [2.05, 4.69) is 5.32 Å². The topological polar surface area (TPSA) is 94.2 Å². The van der Waals surface area contributed by atoms with Crippen molar-refractivity contribution in [1.82, 2.24) is 4.57 Å². The van der Waals surface area contributed by atoms with Crippen LogP contribution in [0.5, 0.6) is 0 Å². The molecule has 1 N–H and O–H groups in total. The van der Waals surface area contributed by atoms with Gasteiger partial charge in [-0.1, -0.05) is 48.5 Å². The fourth-order valence-corrected chi connectivity index (χ4v) is 3.67. The van der Waals surface area contributed by atoms with Crippen LogP contribution >= 0.6 is 0 Å². The van der Waals surface area contributed by atoms with E-state index in [1.165, 1.54) is 24.3 Å². The first kappa shape index (κ1) is 20.0. The van der Waals surface area contributed by atoms with Crippen molar-refractivity contribution in [1.29, 1.82) is 0 Å². The Kier molecular flexibility index (Phi) is 5.32. The number of hydrogen-bond acceptors (Lipinski definition) is 4. The lowest BCUT2D eigenvalue weighted by atomic mass is 10.0. The number of amides is 1. The number of pyridine rings is 1. The van der Waals surface area contributed by atoms with Crippen molar-refractivity contribution in [2.45, 2.75) is 13.5 Å². The first-order chi connectivity index (χ1) is 15.0. The number of nitro groups is 1. The average molecular weight is 413 g/mol. The van der Waals surface area contributed by atoms with E-state index < -0.39 is 10.8 Å². The number of non-ortho nitro benzene ring substituents is 1. The summed E-state index contributed by atoms with van der Waals surface area (Å²) < 4.78 is 1.87. The number of nitrogens with zero attached hydrogens (tertiary/aromatic N) is 2. The third-order valence-corrected chi connectivity index (χ3v) is 5.10. The van der Waals surface area contributed by atoms with Gasteiger partial charge in [-0.05, 0) is 30.7 Å². The van der Waals surface area contributed by atoms with E-state index in [9.17, 15) is 19.7 Å². The van der Waals surface area contributed by atoms with Gasteiger partial charge in [-0.25, -0.2) is 0 Å². The van der Waals surface area contributed by atoms with Crippen molar-refractivity contribution in [3.63, 3.8) is 0 Å². The third kappa shape index (κ3) is 3.69. The number of benzene rings is 3. The number of hydrogen-bond donors (Lipinski definition) is 1. The second-order valence-electron chi connectivity index (χ2n) is 6.94. The molecule has 0 aliphatic heterocycles. The van der Waals surface area contributed by atoms with Crippen LogP contribution in [-0.4, -0.2) is 15.4 Å². The number of nitrogens with one attached hydrogen (secondary N) is 1. The van der Waals surface area contributed by atoms with E-state index in [4.69, 9.17) is 0 Å². The quantitative estimate of drug-likeness (QED) is 0.374. The smallest absolute Gasteiger partial charge is 0.270 e. The first-order valence-corrected chi connectivity index (χ1v) is 9.78. The molecule has 0 bridgehead atoms. The van der Waals surface area contributed by atoms with Gasteiger partial charge in [-0.15, -0.1) is 0 Å². The molecule has 3 aromatic carbocycles. The van der Waals surface area contributed by atoms with Gasteiger partial charge in [0.25, 0.3) is 11.6 Å². The lowest BCUT2D eigenvalue weighted by Crippen LogP contribution is -2.22. The summed E-state index contributed by atoms with van der Waals surface area (Å²) in [7, 11) is 0. The highest BCUT2D eigenvalue weighted by molar-refractivity contribution is 6.07. The summed E-state index contributed by atoms with van der Waals surface area (Å²) in [5.41, 5.74) is 1.51. The van der Waals surface area contributed by atoms with Crippen molar-refractivity contribution in [2.75, 3.05) is 5.32 Å². The fourth-order valence-electron chi connectivity index (χ4n) is 3.67. The number of nitro benzene ring substituents is 1. The number of anilines is 1. The summed E-state index contributed by atoms with van der Waals surface area (Å²) in [5.74, 6) is -0.174. The molecule has 0 fully saturated rings. The Bertz CT molecular complexity index is 1360. The molecule has 0 unspecified atom stereocenters. The number of carbonyl (C=O) groups is 1. The highest BCUT2D eigenvalue weighted by atomic mass is 16.6. The third-order valence-electron chi connectivity index (χ3n) is 5.10. The zero-order valence-corrected chi connectivity index (χ0v) is 16.7. The molecule has 4 aromatic rings. The summed E-state index contributed by atoms with van der Waals surface area (Å²) in [6.45, 7) is 2.43. The molecule has 0 saturated carbocycles. The minimum atomic E-state index is -0.551. The lowest BCUT2D eigenvalue weighted by Gasteiger charge is -2.20. The van der Waals surface area contributed by atoms with Gasteiger partial charge in [0, 0.05) is 29.6 Å². The Labute approximate surface area is 177 Å². The van der Waals surface area contributed by atoms with Crippen LogP contribution in [0.4, 0.5) is 11.5 Å². The predicted molar refractivity (Wildman–Crippen MR) is 120 cm³/mol. The molecule has 154 valence electrons. The maximum Gasteiger partial charge on any atom is 0.270 e. The maximum atomic E-state index is 13.4. The monoisotopic (exact) mass is 413 g/mol. The molecule has 1 amide bonds. The van der Waals surface area contributed by atoms with Crippen LogP contribution < -0.4 is 10.7 Å². The van der Waals surface area contributed by atoms with E-state index in [1.54, 1.807) is 12.1 Å². The number of para-hydroxylation sites is 1. The molecule has 7 nitrogen and oxygen atoms in total. The average Bonchev–Trinajstić information content (AvgIpc) is 2.80. The van der Waals surface area contributed by atoms with Gasteiger partial charge in [0.15, 0.2) is 5.43 Å². The van der Waals surface area contributed by atoms with Crippen LogP contribution in [0.1, 0.15) is 17.3 Å². The number of aromatic nitrogens is 1. The molecule has 0 atom stereocenters. The molecule has 7 heteroatoms. The summed E-state index contributed by atoms with van der Waals surface area (Å²) in [6, 6.07) is 21.9. The van der Waals surface area contributed by atoms with E-state index in [0.29, 0.717) is 34.4 Å². The molecule has 1 heterocycles. The van der Waals surface area contributed by atoms with E-state index in [1.807, 2.05) is 54.0 Å². The highest BCUT2D eigenvalue weighted by Gasteiger charge is 2.21. The summed E-state index contributed by atoms with van der Waals surface area (Å²) >= 11 is 0. The minimum absolute atomic E-state index is 0.136. The SMILES string of the molecule is CCn1c(NC(=O)c2cccc([N+](=O)[O-])c2)c(-c2ccccc2)c(=O)c2ccccc21. The van der Waals surface area contributed by atoms with Crippen LogP contribution in [0.25, 0.3) is 22.0 Å². The van der Waals surface area contributed by atoms with Gasteiger partial charge in [0.1, 0.15) is 5.82 Å². The standard InChI is InChI=1S/C24H19N3O4/c1-2-26-20-14-7-6-13-19(20)22(28)21(16-9-4-3-5-10-16)23(26)25-24(29)17-11-8-12-18(15-17)27(30)31/h3-15H,2H2,1H3,(H,25,29). The van der Waals surface area contributed by atoms with Crippen molar-refractivity contribution in [2.24, 2.45) is 0 Å². The van der Waals surface area contributed by atoms with Gasteiger partial charge < -0.3 is 9.88 Å². The van der Waals surface area contributed by atoms with Gasteiger partial charge in [-0.2, -0.15) is 0 Å². The summed E-state index contributed by atoms with van der Waals surface area (Å²) in [4.78, 5) is 37.0. The lowest BCUT2D eigenvalue weighted by molar-refractivity contribution is -0.384. The van der Waals surface area contributed by atoms with Crippen LogP contribution in [0.3, 0.4) is 0 Å². The predicted octanol–water partition coefficient (Wildman–Crippen LogP) is 4.85. The number of rotatable bonds is 5. The molecule has 0 aliphatic carbocycles. The molecule has 0 aliphatic rings. The zero-order valence-electron chi connectivity index (χ0n) is 16.7. The fraction of sp³-hybridized carbons (Fsp3) is 0.0833. The first-order valence-electron chi connectivity index (χ1n) is 9.78. The van der Waals surface area contributed by atoms with E-state index in [-0.39, 0.29) is 16.7 Å². The summed E-state index contributed by atoms with van der Waals surface area (Å²) in [5, 5.41) is 14.5. The second kappa shape index (κ2) is 8.23. The second-order valence-corrected chi connectivity index (χ2v) is 6.94. The molecule has 31 heavy (non-hydrogen) atoms. The molecule has 1 aromatic heterocycles. The summed E-state index contributed by atoms with van der Waals surface area (Å²) in [6.07, 6.45) is 0. The Balaban J connectivity index is 1.94. The van der Waals surface area contributed by atoms with Crippen LogP contribution in [0.2, 0.25) is 0 Å². The highest BCUT2D eigenvalue weighted by Crippen LogP contribution is 2.29. The van der Waals surface area contributed by atoms with Crippen LogP contribution in [-0.2, 0) is 6.54 Å². The normalized spacial score (nSPS) is 10.7. The van der Waals surface area contributed by atoms with Crippen LogP contribution in [0, 0.1) is 10.1 Å². The molecule has 0 saturated heterocycles. The Morgan fingerprint density at radius 3 is 2.42 bits per heavy atom. The molecule has 0 radical (unpaired) electrons. The Morgan fingerprint density at radius 2 is 1.71 bits per heavy atom. The van der Waals surface area contributed by atoms with Gasteiger partial charge in [0.2, 0.25) is 0 Å². The van der Waals surface area contributed by atoms with E-state index >= 15 is 0 Å². The van der Waals surface area contributed by atoms with Gasteiger partial charge >= 0.3 is 0 Å². The van der Waals surface area contributed by atoms with Gasteiger partial charge in [-0.3, -0.25) is 19.7 Å². The van der Waals surface area contributed by atoms with Crippen molar-refractivity contribution >= 4 is 28.3 Å². The molecular weight excluding hydrogens is 394 g/mol. The molecule has 4 rings (SSSR count). The Morgan fingerprint density at radius 1 is 1.00 bits per heavy atom. The van der Waals surface area contributed by atoms with Crippen LogP contribution in [0.15, 0.2) is 83.7 Å².